The number of para-hydroxylation sites is 1. The smallest absolute Gasteiger partial charge is 0.227 e. The van der Waals surface area contributed by atoms with Gasteiger partial charge in [0, 0.05) is 17.4 Å². The number of nitrogens with zero attached hydrogens (tertiary/aromatic N) is 1. The van der Waals surface area contributed by atoms with Crippen LogP contribution < -0.4 is 19.7 Å². The summed E-state index contributed by atoms with van der Waals surface area (Å²) >= 11 is 3.46. The molecule has 28 heavy (non-hydrogen) atoms. The molecule has 2 aromatic rings. The molecule has 0 spiro atoms. The molecule has 1 N–H and O–H groups in total. The highest BCUT2D eigenvalue weighted by molar-refractivity contribution is 9.10. The first-order valence-electron chi connectivity index (χ1n) is 9.26. The van der Waals surface area contributed by atoms with E-state index in [1.165, 1.54) is 0 Å². The Morgan fingerprint density at radius 1 is 1.14 bits per heavy atom. The molecular formula is C21H23BrN2O4. The van der Waals surface area contributed by atoms with Crippen molar-refractivity contribution in [2.45, 2.75) is 13.3 Å². The van der Waals surface area contributed by atoms with E-state index in [0.717, 1.165) is 15.9 Å². The molecule has 2 aromatic carbocycles. The normalized spacial score (nSPS) is 16.1. The number of carbonyl (C=O) groups excluding carboxylic acids is 2. The summed E-state index contributed by atoms with van der Waals surface area (Å²) in [6.07, 6.45) is 0.215. The van der Waals surface area contributed by atoms with E-state index in [1.54, 1.807) is 4.90 Å². The minimum atomic E-state index is -0.356. The predicted molar refractivity (Wildman–Crippen MR) is 111 cm³/mol. The Hall–Kier alpha value is -2.54. The van der Waals surface area contributed by atoms with Crippen molar-refractivity contribution in [3.63, 3.8) is 0 Å². The van der Waals surface area contributed by atoms with Crippen molar-refractivity contribution < 1.29 is 19.1 Å². The highest BCUT2D eigenvalue weighted by Gasteiger charge is 2.35. The summed E-state index contributed by atoms with van der Waals surface area (Å²) in [7, 11) is 0. The minimum absolute atomic E-state index is 0.0438. The fourth-order valence-corrected chi connectivity index (χ4v) is 3.57. The third-order valence-electron chi connectivity index (χ3n) is 4.44. The number of anilines is 1. The van der Waals surface area contributed by atoms with Gasteiger partial charge in [-0.15, -0.1) is 0 Å². The molecule has 0 radical (unpaired) electrons. The molecule has 0 saturated carbocycles. The molecule has 1 saturated heterocycles. The third-order valence-corrected chi connectivity index (χ3v) is 5.11. The number of rotatable bonds is 8. The van der Waals surface area contributed by atoms with Crippen LogP contribution in [0.1, 0.15) is 13.3 Å². The van der Waals surface area contributed by atoms with E-state index in [0.29, 0.717) is 32.1 Å². The van der Waals surface area contributed by atoms with E-state index in [2.05, 4.69) is 21.2 Å². The Kier molecular flexibility index (Phi) is 6.92. The van der Waals surface area contributed by atoms with Gasteiger partial charge in [0.1, 0.15) is 18.1 Å². The maximum Gasteiger partial charge on any atom is 0.227 e. The van der Waals surface area contributed by atoms with Gasteiger partial charge < -0.3 is 19.7 Å². The summed E-state index contributed by atoms with van der Waals surface area (Å²) in [6.45, 7) is 3.67. The largest absolute Gasteiger partial charge is 0.494 e. The molecule has 2 amide bonds. The molecule has 6 nitrogen and oxygen atoms in total. The van der Waals surface area contributed by atoms with Crippen molar-refractivity contribution in [2.24, 2.45) is 5.92 Å². The lowest BCUT2D eigenvalue weighted by atomic mass is 10.1. The van der Waals surface area contributed by atoms with Gasteiger partial charge in [0.25, 0.3) is 0 Å². The lowest BCUT2D eigenvalue weighted by molar-refractivity contribution is -0.126. The van der Waals surface area contributed by atoms with Crippen LogP contribution in [0.4, 0.5) is 5.69 Å². The number of halogens is 1. The molecule has 0 bridgehead atoms. The molecule has 0 unspecified atom stereocenters. The number of hydrogen-bond acceptors (Lipinski definition) is 4. The van der Waals surface area contributed by atoms with Crippen LogP contribution in [0.15, 0.2) is 53.0 Å². The topological polar surface area (TPSA) is 67.9 Å². The number of nitrogens with one attached hydrogen (secondary N) is 1. The first-order valence-corrected chi connectivity index (χ1v) is 10.1. The van der Waals surface area contributed by atoms with Gasteiger partial charge >= 0.3 is 0 Å². The summed E-state index contributed by atoms with van der Waals surface area (Å²) in [6, 6.07) is 14.9. The average molecular weight is 447 g/mol. The van der Waals surface area contributed by atoms with E-state index in [4.69, 9.17) is 9.47 Å². The van der Waals surface area contributed by atoms with Gasteiger partial charge in [0.15, 0.2) is 0 Å². The SMILES string of the molecule is CCOc1ccc(OCCNC(=O)[C@H]2CC(=O)N(c3ccccc3Br)C2)cc1. The van der Waals surface area contributed by atoms with Crippen molar-refractivity contribution in [3.8, 4) is 11.5 Å². The quantitative estimate of drug-likeness (QED) is 0.630. The molecule has 1 atom stereocenters. The zero-order valence-corrected chi connectivity index (χ0v) is 17.3. The monoisotopic (exact) mass is 446 g/mol. The predicted octanol–water partition coefficient (Wildman–Crippen LogP) is 3.40. The van der Waals surface area contributed by atoms with E-state index in [1.807, 2.05) is 55.5 Å². The average Bonchev–Trinajstić information content (AvgIpc) is 3.08. The van der Waals surface area contributed by atoms with Crippen molar-refractivity contribution in [3.05, 3.63) is 53.0 Å². The van der Waals surface area contributed by atoms with Gasteiger partial charge in [-0.25, -0.2) is 0 Å². The summed E-state index contributed by atoms with van der Waals surface area (Å²) in [5, 5.41) is 2.85. The fourth-order valence-electron chi connectivity index (χ4n) is 3.07. The zero-order valence-electron chi connectivity index (χ0n) is 15.7. The van der Waals surface area contributed by atoms with Crippen LogP contribution in [0.3, 0.4) is 0 Å². The van der Waals surface area contributed by atoms with Crippen LogP contribution >= 0.6 is 15.9 Å². The summed E-state index contributed by atoms with van der Waals surface area (Å²) < 4.78 is 11.9. The molecule has 148 valence electrons. The van der Waals surface area contributed by atoms with Gasteiger partial charge in [0.05, 0.1) is 24.8 Å². The summed E-state index contributed by atoms with van der Waals surface area (Å²) in [4.78, 5) is 26.4. The number of carbonyl (C=O) groups is 2. The molecule has 1 fully saturated rings. The highest BCUT2D eigenvalue weighted by Crippen LogP contribution is 2.31. The molecule has 1 aliphatic heterocycles. The van der Waals surface area contributed by atoms with Crippen LogP contribution in [-0.2, 0) is 9.59 Å². The molecular weight excluding hydrogens is 424 g/mol. The van der Waals surface area contributed by atoms with Crippen molar-refractivity contribution in [1.82, 2.24) is 5.32 Å². The lowest BCUT2D eigenvalue weighted by Crippen LogP contribution is -2.35. The van der Waals surface area contributed by atoms with Gasteiger partial charge in [0.2, 0.25) is 11.8 Å². The first-order chi connectivity index (χ1) is 13.6. The third kappa shape index (κ3) is 5.04. The number of benzene rings is 2. The molecule has 7 heteroatoms. The molecule has 3 rings (SSSR count). The van der Waals surface area contributed by atoms with E-state index >= 15 is 0 Å². The standard InChI is InChI=1S/C21H23BrN2O4/c1-2-27-16-7-9-17(10-8-16)28-12-11-23-21(26)15-13-20(25)24(14-15)19-6-4-3-5-18(19)22/h3-10,15H,2,11-14H2,1H3,(H,23,26)/t15-/m0/s1. The molecule has 0 aliphatic carbocycles. The van der Waals surface area contributed by atoms with Crippen LogP contribution in [0.5, 0.6) is 11.5 Å². The number of amides is 2. The Labute approximate surface area is 172 Å². The van der Waals surface area contributed by atoms with Crippen molar-refractivity contribution in [1.29, 1.82) is 0 Å². The van der Waals surface area contributed by atoms with E-state index < -0.39 is 0 Å². The minimum Gasteiger partial charge on any atom is -0.494 e. The lowest BCUT2D eigenvalue weighted by Gasteiger charge is -2.18. The zero-order chi connectivity index (χ0) is 19.9. The van der Waals surface area contributed by atoms with Crippen LogP contribution in [0.2, 0.25) is 0 Å². The van der Waals surface area contributed by atoms with Crippen molar-refractivity contribution >= 4 is 33.4 Å². The second kappa shape index (κ2) is 9.59. The highest BCUT2D eigenvalue weighted by atomic mass is 79.9. The number of ether oxygens (including phenoxy) is 2. The Bertz CT molecular complexity index is 825. The second-order valence-electron chi connectivity index (χ2n) is 6.40. The van der Waals surface area contributed by atoms with Gasteiger partial charge in [-0.2, -0.15) is 0 Å². The maximum atomic E-state index is 12.4. The number of hydrogen-bond donors (Lipinski definition) is 1. The second-order valence-corrected chi connectivity index (χ2v) is 7.26. The first kappa shape index (κ1) is 20.2. The van der Waals surface area contributed by atoms with Gasteiger partial charge in [-0.1, -0.05) is 12.1 Å². The van der Waals surface area contributed by atoms with Gasteiger partial charge in [-0.05, 0) is 59.3 Å². The van der Waals surface area contributed by atoms with Gasteiger partial charge in [-0.3, -0.25) is 9.59 Å². The Morgan fingerprint density at radius 3 is 2.50 bits per heavy atom. The van der Waals surface area contributed by atoms with Crippen LogP contribution in [0, 0.1) is 5.92 Å². The van der Waals surface area contributed by atoms with E-state index in [9.17, 15) is 9.59 Å². The Balaban J connectivity index is 1.44. The molecule has 1 heterocycles. The maximum absolute atomic E-state index is 12.4. The fraction of sp³-hybridized carbons (Fsp3) is 0.333. The van der Waals surface area contributed by atoms with Crippen LogP contribution in [0.25, 0.3) is 0 Å². The molecule has 1 aliphatic rings. The van der Waals surface area contributed by atoms with Crippen molar-refractivity contribution in [2.75, 3.05) is 31.2 Å². The van der Waals surface area contributed by atoms with Crippen LogP contribution in [-0.4, -0.2) is 38.1 Å². The summed E-state index contributed by atoms with van der Waals surface area (Å²) in [5.74, 6) is 0.985. The molecule has 0 aromatic heterocycles. The van der Waals surface area contributed by atoms with E-state index in [-0.39, 0.29) is 24.2 Å². The Morgan fingerprint density at radius 2 is 1.82 bits per heavy atom. The summed E-state index contributed by atoms with van der Waals surface area (Å²) in [5.41, 5.74) is 0.793.